The van der Waals surface area contributed by atoms with E-state index >= 15 is 0 Å². The van der Waals surface area contributed by atoms with Gasteiger partial charge in [0.2, 0.25) is 0 Å². The molecule has 2 saturated carbocycles. The molecule has 0 aromatic rings. The first-order chi connectivity index (χ1) is 10.7. The van der Waals surface area contributed by atoms with Gasteiger partial charge in [-0.1, -0.05) is 31.8 Å². The SMILES string of the molecule is C=CCP(=O)(OC1(C)CCCCC1F)OC1(C)CCCCC1F. The van der Waals surface area contributed by atoms with Crippen molar-refractivity contribution in [1.82, 2.24) is 0 Å². The summed E-state index contributed by atoms with van der Waals surface area (Å²) in [6.45, 7) is 6.89. The summed E-state index contributed by atoms with van der Waals surface area (Å²) in [5.74, 6) is 0. The highest BCUT2D eigenvalue weighted by Crippen LogP contribution is 2.59. The molecule has 2 fully saturated rings. The molecule has 0 saturated heterocycles. The van der Waals surface area contributed by atoms with E-state index in [1.54, 1.807) is 13.8 Å². The fraction of sp³-hybridized carbons (Fsp3) is 0.882. The zero-order valence-corrected chi connectivity index (χ0v) is 15.1. The first kappa shape index (κ1) is 19.1. The van der Waals surface area contributed by atoms with E-state index < -0.39 is 31.1 Å². The quantitative estimate of drug-likeness (QED) is 0.453. The monoisotopic (exact) mass is 350 g/mol. The number of halogens is 2. The van der Waals surface area contributed by atoms with Crippen LogP contribution in [0, 0.1) is 0 Å². The Hall–Kier alpha value is -0.250. The lowest BCUT2D eigenvalue weighted by Gasteiger charge is -2.43. The van der Waals surface area contributed by atoms with Crippen LogP contribution < -0.4 is 0 Å². The zero-order valence-electron chi connectivity index (χ0n) is 14.2. The molecule has 2 rings (SSSR count). The fourth-order valence-corrected chi connectivity index (χ4v) is 5.80. The van der Waals surface area contributed by atoms with Gasteiger partial charge in [-0.15, -0.1) is 6.58 Å². The molecule has 2 aliphatic carbocycles. The van der Waals surface area contributed by atoms with Gasteiger partial charge in [-0.3, -0.25) is 13.6 Å². The second kappa shape index (κ2) is 7.33. The van der Waals surface area contributed by atoms with Crippen LogP contribution in [0.4, 0.5) is 8.78 Å². The second-order valence-electron chi connectivity index (χ2n) is 7.32. The Bertz CT molecular complexity index is 439. The summed E-state index contributed by atoms with van der Waals surface area (Å²) in [5, 5.41) is 0. The smallest absolute Gasteiger partial charge is 0.299 e. The van der Waals surface area contributed by atoms with Crippen LogP contribution in [0.5, 0.6) is 0 Å². The minimum atomic E-state index is -3.66. The van der Waals surface area contributed by atoms with Crippen LogP contribution in [-0.4, -0.2) is 29.7 Å². The van der Waals surface area contributed by atoms with E-state index in [-0.39, 0.29) is 6.16 Å². The molecule has 3 nitrogen and oxygen atoms in total. The van der Waals surface area contributed by atoms with Gasteiger partial charge in [-0.2, -0.15) is 0 Å². The van der Waals surface area contributed by atoms with Crippen LogP contribution in [0.1, 0.15) is 65.2 Å². The van der Waals surface area contributed by atoms with Crippen LogP contribution >= 0.6 is 7.60 Å². The summed E-state index contributed by atoms with van der Waals surface area (Å²) in [5.41, 5.74) is -2.26. The third-order valence-corrected chi connectivity index (χ3v) is 7.23. The minimum absolute atomic E-state index is 0.0301. The van der Waals surface area contributed by atoms with Gasteiger partial charge < -0.3 is 0 Å². The molecule has 2 aliphatic rings. The van der Waals surface area contributed by atoms with Crippen LogP contribution in [-0.2, 0) is 13.6 Å². The van der Waals surface area contributed by atoms with Gasteiger partial charge in [-0.25, -0.2) is 8.78 Å². The van der Waals surface area contributed by atoms with E-state index in [0.717, 1.165) is 25.7 Å². The lowest BCUT2D eigenvalue weighted by Crippen LogP contribution is -2.45. The molecule has 0 aliphatic heterocycles. The standard InChI is InChI=1S/C17H29F2O3P/c1-4-13-23(20,21-16(2)11-7-5-9-14(16)18)22-17(3)12-8-6-10-15(17)19/h4,14-15H,1,5-13H2,2-3H3. The minimum Gasteiger partial charge on any atom is -0.299 e. The lowest BCUT2D eigenvalue weighted by molar-refractivity contribution is -0.0731. The molecule has 0 aromatic carbocycles. The average molecular weight is 350 g/mol. The molecule has 4 unspecified atom stereocenters. The summed E-state index contributed by atoms with van der Waals surface area (Å²) in [6, 6.07) is 0. The third-order valence-electron chi connectivity index (χ3n) is 5.13. The van der Waals surface area contributed by atoms with Gasteiger partial charge in [0.15, 0.2) is 0 Å². The summed E-state index contributed by atoms with van der Waals surface area (Å²) in [7, 11) is -3.66. The Morgan fingerprint density at radius 3 is 1.83 bits per heavy atom. The van der Waals surface area contributed by atoms with E-state index in [9.17, 15) is 13.3 Å². The number of hydrogen-bond donors (Lipinski definition) is 0. The summed E-state index contributed by atoms with van der Waals surface area (Å²) < 4.78 is 53.4. The van der Waals surface area contributed by atoms with E-state index in [0.29, 0.717) is 25.7 Å². The van der Waals surface area contributed by atoms with Crippen LogP contribution in [0.25, 0.3) is 0 Å². The van der Waals surface area contributed by atoms with Gasteiger partial charge in [0, 0.05) is 0 Å². The fourth-order valence-electron chi connectivity index (χ4n) is 3.62. The van der Waals surface area contributed by atoms with Gasteiger partial charge in [0.1, 0.15) is 23.5 Å². The Balaban J connectivity index is 2.17. The maximum absolute atomic E-state index is 14.4. The summed E-state index contributed by atoms with van der Waals surface area (Å²) in [6.07, 6.45) is 4.09. The molecular weight excluding hydrogens is 321 g/mol. The normalized spacial score (nSPS) is 41.2. The molecule has 0 radical (unpaired) electrons. The first-order valence-corrected chi connectivity index (χ1v) is 10.4. The predicted molar refractivity (Wildman–Crippen MR) is 88.4 cm³/mol. The van der Waals surface area contributed by atoms with Gasteiger partial charge in [0.25, 0.3) is 0 Å². The Morgan fingerprint density at radius 1 is 1.04 bits per heavy atom. The van der Waals surface area contributed by atoms with E-state index in [1.807, 2.05) is 0 Å². The molecular formula is C17H29F2O3P. The van der Waals surface area contributed by atoms with Crippen molar-refractivity contribution in [3.8, 4) is 0 Å². The van der Waals surface area contributed by atoms with E-state index in [1.165, 1.54) is 6.08 Å². The molecule has 0 amide bonds. The maximum atomic E-state index is 14.4. The summed E-state index contributed by atoms with van der Waals surface area (Å²) >= 11 is 0. The second-order valence-corrected chi connectivity index (χ2v) is 9.27. The maximum Gasteiger partial charge on any atom is 0.335 e. The Kier molecular flexibility index (Phi) is 6.08. The average Bonchev–Trinajstić information content (AvgIpc) is 2.45. The topological polar surface area (TPSA) is 35.5 Å². The van der Waals surface area contributed by atoms with Crippen molar-refractivity contribution in [3.05, 3.63) is 12.7 Å². The lowest BCUT2D eigenvalue weighted by atomic mass is 9.85. The molecule has 0 heterocycles. The molecule has 0 bridgehead atoms. The van der Waals surface area contributed by atoms with Gasteiger partial charge in [0.05, 0.1) is 6.16 Å². The highest BCUT2D eigenvalue weighted by atomic mass is 31.2. The van der Waals surface area contributed by atoms with E-state index in [4.69, 9.17) is 9.05 Å². The summed E-state index contributed by atoms with van der Waals surface area (Å²) in [4.78, 5) is 0. The van der Waals surface area contributed by atoms with Gasteiger partial charge >= 0.3 is 7.60 Å². The number of hydrogen-bond acceptors (Lipinski definition) is 3. The number of rotatable bonds is 6. The van der Waals surface area contributed by atoms with Crippen molar-refractivity contribution < 1.29 is 22.4 Å². The molecule has 6 heteroatoms. The van der Waals surface area contributed by atoms with Crippen LogP contribution in [0.3, 0.4) is 0 Å². The molecule has 4 atom stereocenters. The molecule has 134 valence electrons. The Morgan fingerprint density at radius 2 is 1.48 bits per heavy atom. The number of allylic oxidation sites excluding steroid dienone is 1. The van der Waals surface area contributed by atoms with Crippen molar-refractivity contribution in [1.29, 1.82) is 0 Å². The third kappa shape index (κ3) is 4.43. The predicted octanol–water partition coefficient (Wildman–Crippen LogP) is 5.74. The molecule has 0 aromatic heterocycles. The molecule has 0 spiro atoms. The van der Waals surface area contributed by atoms with Crippen LogP contribution in [0.2, 0.25) is 0 Å². The first-order valence-electron chi connectivity index (χ1n) is 8.63. The van der Waals surface area contributed by atoms with Crippen molar-refractivity contribution >= 4 is 7.60 Å². The van der Waals surface area contributed by atoms with Gasteiger partial charge in [-0.05, 0) is 39.5 Å². The van der Waals surface area contributed by atoms with Crippen molar-refractivity contribution in [2.45, 2.75) is 88.8 Å². The van der Waals surface area contributed by atoms with Crippen molar-refractivity contribution in [2.75, 3.05) is 6.16 Å². The van der Waals surface area contributed by atoms with Crippen molar-refractivity contribution in [3.63, 3.8) is 0 Å². The number of alkyl halides is 2. The highest BCUT2D eigenvalue weighted by Gasteiger charge is 2.48. The van der Waals surface area contributed by atoms with Crippen LogP contribution in [0.15, 0.2) is 12.7 Å². The zero-order chi connectivity index (χ0) is 17.1. The highest BCUT2D eigenvalue weighted by molar-refractivity contribution is 7.54. The molecule has 0 N–H and O–H groups in total. The van der Waals surface area contributed by atoms with E-state index in [2.05, 4.69) is 6.58 Å². The Labute approximate surface area is 138 Å². The van der Waals surface area contributed by atoms with Crippen molar-refractivity contribution in [2.24, 2.45) is 0 Å². The largest absolute Gasteiger partial charge is 0.335 e. The molecule has 23 heavy (non-hydrogen) atoms.